The topological polar surface area (TPSA) is 16.1 Å². The van der Waals surface area contributed by atoms with Crippen LogP contribution in [0.5, 0.6) is 0 Å². The molecule has 0 N–H and O–H groups in total. The summed E-state index contributed by atoms with van der Waals surface area (Å²) in [5.74, 6) is 1.09. The van der Waals surface area contributed by atoms with Crippen LogP contribution in [0.2, 0.25) is 13.3 Å². The molecule has 0 aliphatic carbocycles. The van der Waals surface area contributed by atoms with Gasteiger partial charge in [0.2, 0.25) is 0 Å². The average Bonchev–Trinajstić information content (AvgIpc) is 2.54. The number of aromatic nitrogens is 1. The molecule has 1 rings (SSSR count). The van der Waals surface area contributed by atoms with Crippen LogP contribution in [-0.2, 0) is 0 Å². The quantitative estimate of drug-likeness (QED) is 0.465. The second-order valence-corrected chi connectivity index (χ2v) is 20.1. The molecule has 22 heavy (non-hydrogen) atoms. The minimum absolute atomic E-state index is 1.09. The van der Waals surface area contributed by atoms with Crippen LogP contribution in [0.1, 0.15) is 59.3 Å². The van der Waals surface area contributed by atoms with E-state index in [-0.39, 0.29) is 0 Å². The Morgan fingerprint density at radius 3 is 1.68 bits per heavy atom. The van der Waals surface area contributed by atoms with Crippen molar-refractivity contribution in [3.8, 4) is 0 Å². The summed E-state index contributed by atoms with van der Waals surface area (Å²) in [5.41, 5.74) is 0. The van der Waals surface area contributed by atoms with Gasteiger partial charge in [0.25, 0.3) is 0 Å². The van der Waals surface area contributed by atoms with Crippen LogP contribution < -0.4 is 8.48 Å². The summed E-state index contributed by atoms with van der Waals surface area (Å²) in [6.45, 7) is 7.01. The first-order valence-electron chi connectivity index (χ1n) is 9.23. The molecular weight excluding hydrogens is 375 g/mol. The molecule has 0 aromatic carbocycles. The Kier molecular flexibility index (Phi) is 9.46. The zero-order valence-corrected chi connectivity index (χ0v) is 18.3. The molecule has 0 amide bonds. The van der Waals surface area contributed by atoms with Crippen molar-refractivity contribution in [3.05, 3.63) is 18.3 Å². The zero-order valence-electron chi connectivity index (χ0n) is 15.5. The molecule has 2 nitrogen and oxygen atoms in total. The molecule has 0 aliphatic heterocycles. The Morgan fingerprint density at radius 2 is 1.36 bits per heavy atom. The van der Waals surface area contributed by atoms with Crippen LogP contribution in [-0.4, -0.2) is 37.5 Å². The van der Waals surface area contributed by atoms with Gasteiger partial charge in [0.15, 0.2) is 0 Å². The van der Waals surface area contributed by atoms with E-state index < -0.39 is 18.4 Å². The molecular formula is C19H36N2Sn. The number of pyridine rings is 1. The molecule has 1 aromatic rings. The van der Waals surface area contributed by atoms with E-state index in [1.54, 1.807) is 3.58 Å². The molecule has 0 unspecified atom stereocenters. The summed E-state index contributed by atoms with van der Waals surface area (Å²) < 4.78 is 6.24. The van der Waals surface area contributed by atoms with Crippen LogP contribution in [0.15, 0.2) is 18.3 Å². The van der Waals surface area contributed by atoms with E-state index in [0.717, 1.165) is 5.82 Å². The third kappa shape index (κ3) is 5.75. The number of rotatable bonds is 11. The Hall–Kier alpha value is -0.251. The normalized spacial score (nSPS) is 11.7. The molecule has 1 aromatic heterocycles. The molecule has 3 heteroatoms. The molecule has 1 heterocycles. The van der Waals surface area contributed by atoms with Gasteiger partial charge in [0.05, 0.1) is 0 Å². The predicted molar refractivity (Wildman–Crippen MR) is 103 cm³/mol. The van der Waals surface area contributed by atoms with Crippen LogP contribution in [0, 0.1) is 0 Å². The van der Waals surface area contributed by atoms with Crippen molar-refractivity contribution in [1.82, 2.24) is 4.98 Å². The van der Waals surface area contributed by atoms with Crippen molar-refractivity contribution in [2.24, 2.45) is 0 Å². The molecule has 0 aliphatic rings. The molecule has 0 bridgehead atoms. The van der Waals surface area contributed by atoms with Gasteiger partial charge < -0.3 is 0 Å². The minimum atomic E-state index is -2.25. The van der Waals surface area contributed by atoms with Gasteiger partial charge in [-0.25, -0.2) is 0 Å². The number of hydrogen-bond donors (Lipinski definition) is 0. The van der Waals surface area contributed by atoms with Crippen LogP contribution in [0.25, 0.3) is 0 Å². The molecule has 126 valence electrons. The first-order valence-corrected chi connectivity index (χ1v) is 16.7. The van der Waals surface area contributed by atoms with Gasteiger partial charge in [-0.2, -0.15) is 0 Å². The predicted octanol–water partition coefficient (Wildman–Crippen LogP) is 5.20. The maximum atomic E-state index is 4.75. The van der Waals surface area contributed by atoms with Crippen LogP contribution in [0.4, 0.5) is 5.82 Å². The Balaban J connectivity index is 3.07. The van der Waals surface area contributed by atoms with Crippen molar-refractivity contribution >= 4 is 27.8 Å². The number of nitrogens with zero attached hydrogens (tertiary/aromatic N) is 2. The maximum absolute atomic E-state index is 4.75. The monoisotopic (exact) mass is 412 g/mol. The van der Waals surface area contributed by atoms with Crippen molar-refractivity contribution in [2.45, 2.75) is 72.6 Å². The van der Waals surface area contributed by atoms with E-state index >= 15 is 0 Å². The average molecular weight is 411 g/mol. The van der Waals surface area contributed by atoms with Gasteiger partial charge >= 0.3 is 143 Å². The van der Waals surface area contributed by atoms with Gasteiger partial charge in [0, 0.05) is 0 Å². The Labute approximate surface area is 142 Å². The summed E-state index contributed by atoms with van der Waals surface area (Å²) in [6.07, 6.45) is 10.5. The summed E-state index contributed by atoms with van der Waals surface area (Å²) in [5, 5.41) is 0. The zero-order chi connectivity index (χ0) is 16.4. The number of hydrogen-bond acceptors (Lipinski definition) is 2. The third-order valence-electron chi connectivity index (χ3n) is 4.85. The van der Waals surface area contributed by atoms with Crippen LogP contribution in [0.3, 0.4) is 0 Å². The molecule has 0 saturated heterocycles. The summed E-state index contributed by atoms with van der Waals surface area (Å²) in [4.78, 5) is 6.85. The van der Waals surface area contributed by atoms with E-state index in [1.165, 1.54) is 51.8 Å². The second-order valence-electron chi connectivity index (χ2n) is 6.89. The van der Waals surface area contributed by atoms with E-state index in [9.17, 15) is 0 Å². The first-order chi connectivity index (χ1) is 10.6. The molecule has 0 radical (unpaired) electrons. The van der Waals surface area contributed by atoms with E-state index in [0.29, 0.717) is 0 Å². The fourth-order valence-electron chi connectivity index (χ4n) is 3.32. The number of anilines is 1. The van der Waals surface area contributed by atoms with E-state index in [4.69, 9.17) is 4.98 Å². The van der Waals surface area contributed by atoms with E-state index in [1.807, 2.05) is 0 Å². The molecule has 0 atom stereocenters. The van der Waals surface area contributed by atoms with Crippen molar-refractivity contribution in [3.63, 3.8) is 0 Å². The molecule has 0 spiro atoms. The van der Waals surface area contributed by atoms with Crippen molar-refractivity contribution < 1.29 is 0 Å². The molecule has 0 fully saturated rings. The fraction of sp³-hybridized carbons (Fsp3) is 0.737. The summed E-state index contributed by atoms with van der Waals surface area (Å²) >= 11 is -2.25. The first kappa shape index (κ1) is 19.8. The SMILES string of the molecule is CCC[CH2][Sn]([CH2]CCC)([CH2]CCC)[c]1ccc(N(C)C)nc1. The van der Waals surface area contributed by atoms with Gasteiger partial charge in [-0.3, -0.25) is 0 Å². The van der Waals surface area contributed by atoms with Crippen molar-refractivity contribution in [2.75, 3.05) is 19.0 Å². The van der Waals surface area contributed by atoms with Gasteiger partial charge in [-0.15, -0.1) is 0 Å². The van der Waals surface area contributed by atoms with Crippen LogP contribution >= 0.6 is 0 Å². The second kappa shape index (κ2) is 10.5. The fourth-order valence-corrected chi connectivity index (χ4v) is 19.0. The Morgan fingerprint density at radius 1 is 0.864 bits per heavy atom. The third-order valence-corrected chi connectivity index (χ3v) is 20.4. The summed E-state index contributed by atoms with van der Waals surface area (Å²) in [7, 11) is 4.15. The summed E-state index contributed by atoms with van der Waals surface area (Å²) in [6, 6.07) is 4.67. The standard InChI is InChI=1S/C7H9N2.3C4H9.Sn/c1-9(2)7-5-3-4-6-8-7;3*1-3-4-2;/h3,5-6H,1-2H3;3*1,3-4H2,2H3;. The van der Waals surface area contributed by atoms with Crippen molar-refractivity contribution in [1.29, 1.82) is 0 Å². The Bertz CT molecular complexity index is 379. The molecule has 0 saturated carbocycles. The van der Waals surface area contributed by atoms with Gasteiger partial charge in [-0.05, 0) is 0 Å². The van der Waals surface area contributed by atoms with Gasteiger partial charge in [0.1, 0.15) is 0 Å². The van der Waals surface area contributed by atoms with Gasteiger partial charge in [-0.1, -0.05) is 0 Å². The van der Waals surface area contributed by atoms with E-state index in [2.05, 4.69) is 58.1 Å². The number of unbranched alkanes of at least 4 members (excludes halogenated alkanes) is 3.